The highest BCUT2D eigenvalue weighted by Crippen LogP contribution is 2.27. The fraction of sp³-hybridized carbons (Fsp3) is 0.435. The molecule has 1 heterocycles. The maximum Gasteiger partial charge on any atom is 0.232 e. The standard InChI is InChI=1S/C23H30N2O/c1-22(2)15-19(16-23(3,4)25-22)24-21(26)20(17-11-7-5-8-12-17)18-13-9-6-10-14-18/h5-14,19-20,25H,15-16H2,1-4H3,(H,24,26)/p+1. The fourth-order valence-corrected chi connectivity index (χ4v) is 4.69. The molecule has 1 saturated heterocycles. The van der Waals surface area contributed by atoms with Crippen LogP contribution >= 0.6 is 0 Å². The lowest BCUT2D eigenvalue weighted by Crippen LogP contribution is -3.06. The van der Waals surface area contributed by atoms with Crippen LogP contribution in [0.2, 0.25) is 0 Å². The van der Waals surface area contributed by atoms with Crippen molar-refractivity contribution in [3.8, 4) is 0 Å². The molecule has 0 bridgehead atoms. The maximum absolute atomic E-state index is 13.3. The third kappa shape index (κ3) is 4.53. The van der Waals surface area contributed by atoms with Crippen molar-refractivity contribution in [2.24, 2.45) is 0 Å². The van der Waals surface area contributed by atoms with Crippen LogP contribution in [0.4, 0.5) is 0 Å². The Morgan fingerprint density at radius 2 is 1.31 bits per heavy atom. The molecule has 3 rings (SSSR count). The van der Waals surface area contributed by atoms with Crippen LogP contribution in [0.3, 0.4) is 0 Å². The first-order valence-corrected chi connectivity index (χ1v) is 9.53. The summed E-state index contributed by atoms with van der Waals surface area (Å²) < 4.78 is 0. The number of carbonyl (C=O) groups excluding carboxylic acids is 1. The van der Waals surface area contributed by atoms with E-state index in [2.05, 4.69) is 38.3 Å². The topological polar surface area (TPSA) is 45.7 Å². The number of benzene rings is 2. The first-order valence-electron chi connectivity index (χ1n) is 9.53. The summed E-state index contributed by atoms with van der Waals surface area (Å²) in [6.45, 7) is 9.05. The van der Waals surface area contributed by atoms with Crippen LogP contribution < -0.4 is 10.6 Å². The molecular formula is C23H31N2O+. The number of piperidine rings is 1. The Kier molecular flexibility index (Phi) is 5.19. The zero-order valence-electron chi connectivity index (χ0n) is 16.3. The molecule has 1 amide bonds. The Morgan fingerprint density at radius 1 is 0.885 bits per heavy atom. The van der Waals surface area contributed by atoms with Crippen molar-refractivity contribution in [2.75, 3.05) is 0 Å². The monoisotopic (exact) mass is 351 g/mol. The Labute approximate surface area is 157 Å². The first-order chi connectivity index (χ1) is 12.3. The van der Waals surface area contributed by atoms with Crippen LogP contribution in [0.25, 0.3) is 0 Å². The number of nitrogens with two attached hydrogens (primary N) is 1. The van der Waals surface area contributed by atoms with Gasteiger partial charge in [-0.25, -0.2) is 0 Å². The van der Waals surface area contributed by atoms with Gasteiger partial charge in [-0.2, -0.15) is 0 Å². The molecule has 0 aromatic heterocycles. The molecule has 0 atom stereocenters. The zero-order valence-corrected chi connectivity index (χ0v) is 16.3. The summed E-state index contributed by atoms with van der Waals surface area (Å²) in [5.41, 5.74) is 2.35. The highest BCUT2D eigenvalue weighted by Gasteiger charge is 2.42. The average Bonchev–Trinajstić information content (AvgIpc) is 2.54. The van der Waals surface area contributed by atoms with E-state index in [1.165, 1.54) is 0 Å². The lowest BCUT2D eigenvalue weighted by molar-refractivity contribution is -0.787. The molecule has 0 aliphatic carbocycles. The minimum Gasteiger partial charge on any atom is -0.352 e. The van der Waals surface area contributed by atoms with E-state index in [-0.39, 0.29) is 28.9 Å². The molecule has 138 valence electrons. The summed E-state index contributed by atoms with van der Waals surface area (Å²) >= 11 is 0. The second-order valence-corrected chi connectivity index (χ2v) is 8.99. The van der Waals surface area contributed by atoms with E-state index in [9.17, 15) is 4.79 Å². The van der Waals surface area contributed by atoms with E-state index in [1.54, 1.807) is 0 Å². The number of hydrogen-bond donors (Lipinski definition) is 2. The van der Waals surface area contributed by atoms with Gasteiger partial charge in [-0.1, -0.05) is 60.7 Å². The SMILES string of the molecule is CC1(C)CC(NC(=O)C(c2ccccc2)c2ccccc2)CC(C)(C)[NH2+]1. The number of rotatable bonds is 4. The molecule has 2 aromatic carbocycles. The molecule has 3 heteroatoms. The summed E-state index contributed by atoms with van der Waals surface area (Å²) in [7, 11) is 0. The van der Waals surface area contributed by atoms with Crippen LogP contribution in [-0.4, -0.2) is 23.0 Å². The van der Waals surface area contributed by atoms with Crippen molar-refractivity contribution in [2.45, 2.75) is 63.6 Å². The summed E-state index contributed by atoms with van der Waals surface area (Å²) in [4.78, 5) is 13.3. The van der Waals surface area contributed by atoms with Gasteiger partial charge in [-0.3, -0.25) is 4.79 Å². The van der Waals surface area contributed by atoms with Gasteiger partial charge in [0, 0.05) is 18.9 Å². The smallest absolute Gasteiger partial charge is 0.232 e. The minimum atomic E-state index is -0.269. The molecule has 2 aromatic rings. The van der Waals surface area contributed by atoms with Crippen LogP contribution in [-0.2, 0) is 4.79 Å². The first kappa shape index (κ1) is 18.7. The number of quaternary nitrogens is 1. The van der Waals surface area contributed by atoms with Crippen molar-refractivity contribution in [3.63, 3.8) is 0 Å². The Balaban J connectivity index is 1.85. The largest absolute Gasteiger partial charge is 0.352 e. The van der Waals surface area contributed by atoms with E-state index < -0.39 is 0 Å². The number of nitrogens with one attached hydrogen (secondary N) is 1. The quantitative estimate of drug-likeness (QED) is 0.873. The van der Waals surface area contributed by atoms with Gasteiger partial charge in [0.15, 0.2) is 0 Å². The predicted octanol–water partition coefficient (Wildman–Crippen LogP) is 3.22. The molecule has 1 fully saturated rings. The van der Waals surface area contributed by atoms with Crippen LogP contribution in [0.1, 0.15) is 57.6 Å². The van der Waals surface area contributed by atoms with Gasteiger partial charge in [0.25, 0.3) is 0 Å². The molecule has 0 radical (unpaired) electrons. The highest BCUT2D eigenvalue weighted by atomic mass is 16.2. The van der Waals surface area contributed by atoms with E-state index in [1.807, 2.05) is 60.7 Å². The number of carbonyl (C=O) groups is 1. The minimum absolute atomic E-state index is 0.0981. The van der Waals surface area contributed by atoms with Crippen molar-refractivity contribution in [3.05, 3.63) is 71.8 Å². The van der Waals surface area contributed by atoms with Gasteiger partial charge < -0.3 is 10.6 Å². The second kappa shape index (κ2) is 7.24. The number of hydrogen-bond acceptors (Lipinski definition) is 1. The van der Waals surface area contributed by atoms with Crippen molar-refractivity contribution < 1.29 is 10.1 Å². The molecule has 1 aliphatic rings. The lowest BCUT2D eigenvalue weighted by Gasteiger charge is -2.43. The molecule has 26 heavy (non-hydrogen) atoms. The lowest BCUT2D eigenvalue weighted by atomic mass is 9.79. The molecule has 0 unspecified atom stereocenters. The van der Waals surface area contributed by atoms with Crippen LogP contribution in [0.5, 0.6) is 0 Å². The van der Waals surface area contributed by atoms with Gasteiger partial charge in [-0.05, 0) is 38.8 Å². The van der Waals surface area contributed by atoms with Gasteiger partial charge >= 0.3 is 0 Å². The molecule has 3 nitrogen and oxygen atoms in total. The fourth-order valence-electron chi connectivity index (χ4n) is 4.69. The summed E-state index contributed by atoms with van der Waals surface area (Å²) in [5.74, 6) is -0.171. The van der Waals surface area contributed by atoms with Crippen LogP contribution in [0.15, 0.2) is 60.7 Å². The van der Waals surface area contributed by atoms with Gasteiger partial charge in [0.05, 0.1) is 17.0 Å². The van der Waals surface area contributed by atoms with Crippen molar-refractivity contribution >= 4 is 5.91 Å². The van der Waals surface area contributed by atoms with E-state index in [4.69, 9.17) is 0 Å². The third-order valence-electron chi connectivity index (χ3n) is 5.20. The summed E-state index contributed by atoms with van der Waals surface area (Å²) in [5, 5.41) is 5.81. The summed E-state index contributed by atoms with van der Waals surface area (Å²) in [6, 6.07) is 20.4. The van der Waals surface area contributed by atoms with E-state index >= 15 is 0 Å². The molecular weight excluding hydrogens is 320 g/mol. The molecule has 0 saturated carbocycles. The van der Waals surface area contributed by atoms with E-state index in [0.29, 0.717) is 0 Å². The van der Waals surface area contributed by atoms with Crippen molar-refractivity contribution in [1.29, 1.82) is 0 Å². The van der Waals surface area contributed by atoms with Gasteiger partial charge in [0.1, 0.15) is 0 Å². The Morgan fingerprint density at radius 3 is 1.73 bits per heavy atom. The van der Waals surface area contributed by atoms with E-state index in [0.717, 1.165) is 24.0 Å². The molecule has 1 aliphatic heterocycles. The third-order valence-corrected chi connectivity index (χ3v) is 5.20. The Hall–Kier alpha value is -2.13. The van der Waals surface area contributed by atoms with Crippen LogP contribution in [0, 0.1) is 0 Å². The molecule has 3 N–H and O–H groups in total. The highest BCUT2D eigenvalue weighted by molar-refractivity contribution is 5.87. The second-order valence-electron chi connectivity index (χ2n) is 8.99. The van der Waals surface area contributed by atoms with Gasteiger partial charge in [0.2, 0.25) is 5.91 Å². The Bertz CT molecular complexity index is 682. The zero-order chi connectivity index (χ0) is 18.8. The van der Waals surface area contributed by atoms with Gasteiger partial charge in [-0.15, -0.1) is 0 Å². The normalized spacial score (nSPS) is 19.3. The van der Waals surface area contributed by atoms with Crippen molar-refractivity contribution in [1.82, 2.24) is 5.32 Å². The molecule has 0 spiro atoms. The average molecular weight is 352 g/mol. The predicted molar refractivity (Wildman–Crippen MR) is 106 cm³/mol. The maximum atomic E-state index is 13.3. The summed E-state index contributed by atoms with van der Waals surface area (Å²) in [6.07, 6.45) is 1.97. The number of amides is 1.